The van der Waals surface area contributed by atoms with Crippen molar-refractivity contribution >= 4 is 51.7 Å². The lowest BCUT2D eigenvalue weighted by Crippen LogP contribution is -2.40. The maximum absolute atomic E-state index is 13.7. The van der Waals surface area contributed by atoms with Gasteiger partial charge >= 0.3 is 0 Å². The highest BCUT2D eigenvalue weighted by Crippen LogP contribution is 2.46. The van der Waals surface area contributed by atoms with Crippen molar-refractivity contribution in [1.82, 2.24) is 0 Å². The van der Waals surface area contributed by atoms with Gasteiger partial charge in [0, 0.05) is 15.7 Å². The Labute approximate surface area is 201 Å². The van der Waals surface area contributed by atoms with E-state index in [0.29, 0.717) is 26.5 Å². The van der Waals surface area contributed by atoms with Gasteiger partial charge in [-0.3, -0.25) is 9.59 Å². The number of anilines is 1. The van der Waals surface area contributed by atoms with Crippen LogP contribution in [0.2, 0.25) is 10.0 Å². The molecule has 3 nitrogen and oxygen atoms in total. The summed E-state index contributed by atoms with van der Waals surface area (Å²) >= 11 is 13.7. The van der Waals surface area contributed by atoms with Crippen LogP contribution >= 0.6 is 35.0 Å². The summed E-state index contributed by atoms with van der Waals surface area (Å²) in [6.07, 6.45) is 12.6. The summed E-state index contributed by atoms with van der Waals surface area (Å²) in [5.41, 5.74) is -0.220. The summed E-state index contributed by atoms with van der Waals surface area (Å²) in [6, 6.07) is 3.39. The lowest BCUT2D eigenvalue weighted by Gasteiger charge is -2.39. The van der Waals surface area contributed by atoms with Gasteiger partial charge in [-0.25, -0.2) is 0 Å². The first-order valence-corrected chi connectivity index (χ1v) is 13.2. The van der Waals surface area contributed by atoms with Crippen LogP contribution in [0.5, 0.6) is 0 Å². The lowest BCUT2D eigenvalue weighted by atomic mass is 9.66. The first-order chi connectivity index (χ1) is 14.6. The van der Waals surface area contributed by atoms with E-state index in [2.05, 4.69) is 5.32 Å². The monoisotopic (exact) mass is 483 g/mol. The van der Waals surface area contributed by atoms with E-state index in [4.69, 9.17) is 23.2 Å². The Morgan fingerprint density at radius 3 is 2.19 bits per heavy atom. The van der Waals surface area contributed by atoms with Crippen molar-refractivity contribution in [2.45, 2.75) is 96.3 Å². The number of carbonyl (C=O) groups excluding carboxylic acids is 2. The average Bonchev–Trinajstić information content (AvgIpc) is 2.72. The summed E-state index contributed by atoms with van der Waals surface area (Å²) in [5.74, 6) is 0.726. The normalized spacial score (nSPS) is 19.8. The van der Waals surface area contributed by atoms with E-state index in [9.17, 15) is 9.59 Å². The second kappa shape index (κ2) is 10.5. The smallest absolute Gasteiger partial charge is 0.230 e. The van der Waals surface area contributed by atoms with Crippen molar-refractivity contribution in [2.24, 2.45) is 16.7 Å². The minimum Gasteiger partial charge on any atom is -0.325 e. The van der Waals surface area contributed by atoms with Crippen molar-refractivity contribution in [1.29, 1.82) is 0 Å². The number of amides is 1. The van der Waals surface area contributed by atoms with Crippen LogP contribution in [0.25, 0.3) is 0 Å². The maximum Gasteiger partial charge on any atom is 0.230 e. The molecular formula is C25H35Cl2NO2S. The molecule has 1 aromatic carbocycles. The molecule has 0 radical (unpaired) electrons. The Morgan fingerprint density at radius 2 is 1.58 bits per heavy atom. The van der Waals surface area contributed by atoms with Crippen molar-refractivity contribution in [3.05, 3.63) is 22.2 Å². The number of halogens is 2. The molecule has 0 bridgehead atoms. The molecule has 0 heterocycles. The van der Waals surface area contributed by atoms with E-state index >= 15 is 0 Å². The molecule has 2 aliphatic carbocycles. The summed E-state index contributed by atoms with van der Waals surface area (Å²) in [7, 11) is 0. The molecule has 1 aromatic rings. The molecule has 6 heteroatoms. The van der Waals surface area contributed by atoms with Crippen molar-refractivity contribution in [3.8, 4) is 0 Å². The minimum atomic E-state index is -0.496. The molecule has 0 atom stereocenters. The number of benzene rings is 1. The van der Waals surface area contributed by atoms with Gasteiger partial charge in [-0.1, -0.05) is 95.3 Å². The molecule has 0 aromatic heterocycles. The standard InChI is InChI=1S/C25H35Cl2NO2S/c1-24(2,3)23(30)31-21-15-19(27)18(26)14-20(21)28-22(29)25(12-8-5-9-13-25)16-17-10-6-4-7-11-17/h14-15,17H,4-13,16H2,1-3H3,(H,28,29). The summed E-state index contributed by atoms with van der Waals surface area (Å²) in [4.78, 5) is 27.0. The largest absolute Gasteiger partial charge is 0.325 e. The van der Waals surface area contributed by atoms with Crippen LogP contribution in [-0.2, 0) is 9.59 Å². The van der Waals surface area contributed by atoms with Crippen molar-refractivity contribution in [2.75, 3.05) is 5.32 Å². The van der Waals surface area contributed by atoms with E-state index in [0.717, 1.165) is 43.9 Å². The number of rotatable bonds is 5. The molecule has 0 saturated heterocycles. The summed E-state index contributed by atoms with van der Waals surface area (Å²) in [6.45, 7) is 5.66. The third-order valence-corrected chi connectivity index (χ3v) is 8.86. The SMILES string of the molecule is CC(C)(C)C(=O)Sc1cc(Cl)c(Cl)cc1NC(=O)C1(CC2CCCCC2)CCCCC1. The zero-order valence-corrected chi connectivity index (χ0v) is 21.3. The van der Waals surface area contributed by atoms with E-state index in [-0.39, 0.29) is 16.4 Å². The summed E-state index contributed by atoms with van der Waals surface area (Å²) < 4.78 is 0. The number of hydrogen-bond acceptors (Lipinski definition) is 3. The number of thioether (sulfide) groups is 1. The third-order valence-electron chi connectivity index (χ3n) is 6.78. The predicted octanol–water partition coefficient (Wildman–Crippen LogP) is 8.52. The molecule has 1 amide bonds. The first kappa shape index (κ1) is 24.9. The quantitative estimate of drug-likeness (QED) is 0.426. The second-order valence-corrected chi connectivity index (χ2v) is 12.2. The molecule has 0 aliphatic heterocycles. The molecule has 172 valence electrons. The van der Waals surface area contributed by atoms with Gasteiger partial charge in [-0.2, -0.15) is 0 Å². The maximum atomic E-state index is 13.7. The number of nitrogens with one attached hydrogen (secondary N) is 1. The van der Waals surface area contributed by atoms with Gasteiger partial charge in [0.05, 0.1) is 15.7 Å². The second-order valence-electron chi connectivity index (χ2n) is 10.4. The molecule has 0 spiro atoms. The molecule has 2 fully saturated rings. The predicted molar refractivity (Wildman–Crippen MR) is 132 cm³/mol. The Hall–Kier alpha value is -0.710. The third kappa shape index (κ3) is 6.42. The van der Waals surface area contributed by atoms with Crippen LogP contribution in [0.4, 0.5) is 5.69 Å². The molecule has 0 unspecified atom stereocenters. The Kier molecular flexibility index (Phi) is 8.43. The Bertz CT molecular complexity index is 806. The highest BCUT2D eigenvalue weighted by molar-refractivity contribution is 8.13. The van der Waals surface area contributed by atoms with Crippen LogP contribution in [-0.4, -0.2) is 11.0 Å². The van der Waals surface area contributed by atoms with Crippen molar-refractivity contribution < 1.29 is 9.59 Å². The topological polar surface area (TPSA) is 46.2 Å². The minimum absolute atomic E-state index is 0.0240. The van der Waals surface area contributed by atoms with Gasteiger partial charge in [0.1, 0.15) is 0 Å². The molecular weight excluding hydrogens is 449 g/mol. The van der Waals surface area contributed by atoms with Gasteiger partial charge in [0.25, 0.3) is 0 Å². The molecule has 2 saturated carbocycles. The van der Waals surface area contributed by atoms with Gasteiger partial charge in [-0.15, -0.1) is 0 Å². The summed E-state index contributed by atoms with van der Waals surface area (Å²) in [5, 5.41) is 3.98. The van der Waals surface area contributed by atoms with E-state index in [1.807, 2.05) is 20.8 Å². The zero-order valence-electron chi connectivity index (χ0n) is 19.0. The fraction of sp³-hybridized carbons (Fsp3) is 0.680. The first-order valence-electron chi connectivity index (χ1n) is 11.6. The number of hydrogen-bond donors (Lipinski definition) is 1. The zero-order chi connectivity index (χ0) is 22.6. The van der Waals surface area contributed by atoms with Crippen LogP contribution in [0.1, 0.15) is 91.4 Å². The van der Waals surface area contributed by atoms with Gasteiger partial charge in [-0.05, 0) is 49.1 Å². The van der Waals surface area contributed by atoms with E-state index in [1.165, 1.54) is 38.5 Å². The van der Waals surface area contributed by atoms with Gasteiger partial charge in [0.15, 0.2) is 5.12 Å². The van der Waals surface area contributed by atoms with E-state index < -0.39 is 5.41 Å². The van der Waals surface area contributed by atoms with Crippen molar-refractivity contribution in [3.63, 3.8) is 0 Å². The molecule has 2 aliphatic rings. The van der Waals surface area contributed by atoms with Crippen LogP contribution in [0, 0.1) is 16.7 Å². The average molecular weight is 485 g/mol. The highest BCUT2D eigenvalue weighted by Gasteiger charge is 2.41. The fourth-order valence-electron chi connectivity index (χ4n) is 4.91. The van der Waals surface area contributed by atoms with Crippen LogP contribution in [0.3, 0.4) is 0 Å². The van der Waals surface area contributed by atoms with Crippen LogP contribution in [0.15, 0.2) is 17.0 Å². The Morgan fingerprint density at radius 1 is 1.00 bits per heavy atom. The van der Waals surface area contributed by atoms with Gasteiger partial charge in [0.2, 0.25) is 5.91 Å². The molecule has 1 N–H and O–H groups in total. The Balaban J connectivity index is 1.85. The number of carbonyl (C=O) groups is 2. The molecule has 3 rings (SSSR count). The lowest BCUT2D eigenvalue weighted by molar-refractivity contribution is -0.129. The highest BCUT2D eigenvalue weighted by atomic mass is 35.5. The van der Waals surface area contributed by atoms with Crippen LogP contribution < -0.4 is 5.32 Å². The molecule has 31 heavy (non-hydrogen) atoms. The van der Waals surface area contributed by atoms with E-state index in [1.54, 1.807) is 12.1 Å². The van der Waals surface area contributed by atoms with Gasteiger partial charge < -0.3 is 5.32 Å². The fourth-order valence-corrected chi connectivity index (χ4v) is 6.21.